The largest absolute Gasteiger partial charge is 0.478 e. The highest BCUT2D eigenvalue weighted by Crippen LogP contribution is 2.29. The Morgan fingerprint density at radius 3 is 2.51 bits per heavy atom. The average Bonchev–Trinajstić information content (AvgIpc) is 2.89. The van der Waals surface area contributed by atoms with E-state index in [0.29, 0.717) is 23.4 Å². The van der Waals surface area contributed by atoms with E-state index in [-0.39, 0.29) is 11.5 Å². The van der Waals surface area contributed by atoms with E-state index in [0.717, 1.165) is 48.3 Å². The summed E-state index contributed by atoms with van der Waals surface area (Å²) in [7, 11) is 0. The molecule has 7 nitrogen and oxygen atoms in total. The molecule has 0 fully saturated rings. The number of aryl methyl sites for hydroxylation is 1. The van der Waals surface area contributed by atoms with Crippen molar-refractivity contribution in [1.82, 2.24) is 15.2 Å². The predicted octanol–water partition coefficient (Wildman–Crippen LogP) is 5.08. The van der Waals surface area contributed by atoms with Crippen molar-refractivity contribution < 1.29 is 14.7 Å². The molecule has 5 rings (SSSR count). The van der Waals surface area contributed by atoms with Crippen LogP contribution in [-0.4, -0.2) is 46.5 Å². The van der Waals surface area contributed by atoms with E-state index in [1.807, 2.05) is 37.3 Å². The second kappa shape index (κ2) is 10.4. The number of amides is 1. The number of para-hydroxylation sites is 1. The van der Waals surface area contributed by atoms with Crippen molar-refractivity contribution in [3.8, 4) is 0 Å². The lowest BCUT2D eigenvalue weighted by Crippen LogP contribution is -2.38. The summed E-state index contributed by atoms with van der Waals surface area (Å²) >= 11 is 0. The van der Waals surface area contributed by atoms with Crippen LogP contribution in [0.3, 0.4) is 0 Å². The van der Waals surface area contributed by atoms with E-state index in [9.17, 15) is 14.7 Å². The first-order chi connectivity index (χ1) is 17.9. The van der Waals surface area contributed by atoms with E-state index >= 15 is 0 Å². The Balaban J connectivity index is 1.34. The minimum Gasteiger partial charge on any atom is -0.478 e. The third-order valence-corrected chi connectivity index (χ3v) is 6.93. The number of nitrogens with zero attached hydrogens (tertiary/aromatic N) is 2. The fourth-order valence-electron chi connectivity index (χ4n) is 4.98. The maximum absolute atomic E-state index is 13.2. The molecule has 0 atom stereocenters. The molecule has 3 N–H and O–H groups in total. The number of hydrogen-bond donors (Lipinski definition) is 3. The summed E-state index contributed by atoms with van der Waals surface area (Å²) in [5.41, 5.74) is 6.63. The highest BCUT2D eigenvalue weighted by molar-refractivity contribution is 6.02. The Morgan fingerprint density at radius 1 is 0.973 bits per heavy atom. The molecule has 0 unspecified atom stereocenters. The Bertz CT molecular complexity index is 1500. The quantitative estimate of drug-likeness (QED) is 0.332. The lowest BCUT2D eigenvalue weighted by Gasteiger charge is -2.28. The number of aromatic carboxylic acids is 1. The third kappa shape index (κ3) is 5.32. The Kier molecular flexibility index (Phi) is 6.88. The van der Waals surface area contributed by atoms with Gasteiger partial charge in [0, 0.05) is 54.2 Å². The molecule has 0 saturated carbocycles. The number of carboxylic acid groups (broad SMARTS) is 1. The van der Waals surface area contributed by atoms with Gasteiger partial charge in [0.25, 0.3) is 5.91 Å². The second-order valence-corrected chi connectivity index (χ2v) is 9.51. The van der Waals surface area contributed by atoms with Crippen molar-refractivity contribution in [2.24, 2.45) is 0 Å². The summed E-state index contributed by atoms with van der Waals surface area (Å²) in [4.78, 5) is 32.1. The van der Waals surface area contributed by atoms with Gasteiger partial charge in [-0.1, -0.05) is 42.5 Å². The second-order valence-electron chi connectivity index (χ2n) is 9.51. The van der Waals surface area contributed by atoms with Crippen molar-refractivity contribution in [1.29, 1.82) is 0 Å². The van der Waals surface area contributed by atoms with Crippen molar-refractivity contribution >= 4 is 34.2 Å². The summed E-state index contributed by atoms with van der Waals surface area (Å²) in [6.45, 7) is 6.62. The van der Waals surface area contributed by atoms with Gasteiger partial charge in [-0.2, -0.15) is 0 Å². The minimum atomic E-state index is -1.07. The van der Waals surface area contributed by atoms with Gasteiger partial charge in [0.15, 0.2) is 0 Å². The van der Waals surface area contributed by atoms with Crippen LogP contribution in [0.5, 0.6) is 0 Å². The average molecular weight is 495 g/mol. The van der Waals surface area contributed by atoms with Crippen molar-refractivity contribution in [2.45, 2.75) is 26.8 Å². The standard InChI is InChI=1S/C30H30N4O3/c1-19-15-28(24-9-5-6-10-27(24)32-19)33-23-16-25(20(2)26(17-23)30(36)37)29(35)31-12-14-34-13-11-21-7-3-4-8-22(21)18-34/h3-10,15-17H,11-14,18H2,1-2H3,(H,31,35)(H,32,33)(H,36,37). The van der Waals surface area contributed by atoms with Gasteiger partial charge >= 0.3 is 5.97 Å². The minimum absolute atomic E-state index is 0.0953. The molecule has 4 aromatic rings. The number of hydrogen-bond acceptors (Lipinski definition) is 5. The zero-order valence-electron chi connectivity index (χ0n) is 21.0. The molecule has 0 bridgehead atoms. The topological polar surface area (TPSA) is 94.6 Å². The van der Waals surface area contributed by atoms with Crippen LogP contribution < -0.4 is 10.6 Å². The lowest BCUT2D eigenvalue weighted by molar-refractivity contribution is 0.0696. The van der Waals surface area contributed by atoms with E-state index in [1.54, 1.807) is 19.1 Å². The van der Waals surface area contributed by atoms with E-state index in [4.69, 9.17) is 0 Å². The van der Waals surface area contributed by atoms with Gasteiger partial charge in [-0.25, -0.2) is 4.79 Å². The fraction of sp³-hybridized carbons (Fsp3) is 0.233. The van der Waals surface area contributed by atoms with E-state index in [2.05, 4.69) is 44.8 Å². The molecule has 0 spiro atoms. The summed E-state index contributed by atoms with van der Waals surface area (Å²) in [6, 6.07) is 21.4. The number of carbonyl (C=O) groups is 2. The molecule has 0 saturated heterocycles. The first-order valence-corrected chi connectivity index (χ1v) is 12.5. The van der Waals surface area contributed by atoms with Crippen LogP contribution >= 0.6 is 0 Å². The van der Waals surface area contributed by atoms with Crippen molar-refractivity contribution in [3.63, 3.8) is 0 Å². The Hall–Kier alpha value is -4.23. The van der Waals surface area contributed by atoms with E-state index < -0.39 is 5.97 Å². The number of carboxylic acids is 1. The van der Waals surface area contributed by atoms with Gasteiger partial charge in [0.2, 0.25) is 0 Å². The van der Waals surface area contributed by atoms with Crippen molar-refractivity contribution in [3.05, 3.63) is 100 Å². The summed E-state index contributed by atoms with van der Waals surface area (Å²) in [6.07, 6.45) is 1.00. The zero-order valence-corrected chi connectivity index (χ0v) is 21.0. The van der Waals surface area contributed by atoms with Crippen molar-refractivity contribution in [2.75, 3.05) is 25.0 Å². The molecular formula is C30H30N4O3. The smallest absolute Gasteiger partial charge is 0.336 e. The fourth-order valence-corrected chi connectivity index (χ4v) is 4.98. The number of aromatic nitrogens is 1. The number of anilines is 2. The van der Waals surface area contributed by atoms with Gasteiger partial charge in [-0.15, -0.1) is 0 Å². The molecule has 3 aromatic carbocycles. The maximum atomic E-state index is 13.2. The lowest BCUT2D eigenvalue weighted by atomic mass is 9.99. The number of nitrogens with one attached hydrogen (secondary N) is 2. The predicted molar refractivity (Wildman–Crippen MR) is 146 cm³/mol. The first kappa shape index (κ1) is 24.5. The number of pyridine rings is 1. The van der Waals surface area contributed by atoms with Crippen LogP contribution in [0.4, 0.5) is 11.4 Å². The van der Waals surface area contributed by atoms with Crippen LogP contribution in [0.25, 0.3) is 10.9 Å². The monoisotopic (exact) mass is 494 g/mol. The first-order valence-electron chi connectivity index (χ1n) is 12.5. The summed E-state index contributed by atoms with van der Waals surface area (Å²) in [5.74, 6) is -1.35. The summed E-state index contributed by atoms with van der Waals surface area (Å²) in [5, 5.41) is 17.1. The van der Waals surface area contributed by atoms with Crippen LogP contribution in [0.15, 0.2) is 66.7 Å². The molecule has 37 heavy (non-hydrogen) atoms. The van der Waals surface area contributed by atoms with Crippen LogP contribution in [0, 0.1) is 13.8 Å². The van der Waals surface area contributed by atoms with E-state index in [1.165, 1.54) is 11.1 Å². The number of rotatable bonds is 7. The molecule has 2 heterocycles. The molecule has 1 aliphatic heterocycles. The number of benzene rings is 3. The third-order valence-electron chi connectivity index (χ3n) is 6.93. The van der Waals surface area contributed by atoms with Gasteiger partial charge in [-0.05, 0) is 61.2 Å². The Labute approximate surface area is 216 Å². The molecule has 188 valence electrons. The van der Waals surface area contributed by atoms with Crippen LogP contribution in [-0.2, 0) is 13.0 Å². The van der Waals surface area contributed by atoms with Gasteiger partial charge in [0.1, 0.15) is 0 Å². The number of fused-ring (bicyclic) bond motifs is 2. The molecule has 1 amide bonds. The normalized spacial score (nSPS) is 13.2. The highest BCUT2D eigenvalue weighted by atomic mass is 16.4. The molecule has 1 aromatic heterocycles. The Morgan fingerprint density at radius 2 is 1.70 bits per heavy atom. The molecule has 7 heteroatoms. The molecule has 0 radical (unpaired) electrons. The number of carbonyl (C=O) groups excluding carboxylic acids is 1. The SMILES string of the molecule is Cc1cc(Nc2cc(C(=O)O)c(C)c(C(=O)NCCN3CCc4ccccc4C3)c2)c2ccccc2n1. The molecule has 0 aliphatic carbocycles. The maximum Gasteiger partial charge on any atom is 0.336 e. The van der Waals surface area contributed by atoms with Gasteiger partial charge in [0.05, 0.1) is 11.1 Å². The van der Waals surface area contributed by atoms with Gasteiger partial charge < -0.3 is 15.7 Å². The van der Waals surface area contributed by atoms with Gasteiger partial charge in [-0.3, -0.25) is 14.7 Å². The zero-order chi connectivity index (χ0) is 25.9. The summed E-state index contributed by atoms with van der Waals surface area (Å²) < 4.78 is 0. The van der Waals surface area contributed by atoms with Crippen LogP contribution in [0.1, 0.15) is 43.1 Å². The molecular weight excluding hydrogens is 464 g/mol. The highest BCUT2D eigenvalue weighted by Gasteiger charge is 2.20. The molecule has 1 aliphatic rings. The van der Waals surface area contributed by atoms with Crippen LogP contribution in [0.2, 0.25) is 0 Å².